The van der Waals surface area contributed by atoms with Gasteiger partial charge < -0.3 is 33.3 Å². The van der Waals surface area contributed by atoms with E-state index in [9.17, 15) is 19.5 Å². The molecule has 0 aliphatic heterocycles. The SMILES string of the molecule is CCCCCCC/C=C\C/C=C\C/C=C\CCCCCCCCCCC(=O)OC(COC(=O)CCCCCCCCC)COC(OCC[N+](C)(C)C)C(=O)[O-]. The zero-order valence-corrected chi connectivity index (χ0v) is 36.0. The number of hydrogen-bond donors (Lipinski definition) is 0. The van der Waals surface area contributed by atoms with Crippen LogP contribution in [0.5, 0.6) is 0 Å². The van der Waals surface area contributed by atoms with Gasteiger partial charge >= 0.3 is 11.9 Å². The molecule has 0 saturated carbocycles. The molecule has 320 valence electrons. The van der Waals surface area contributed by atoms with E-state index in [1.54, 1.807) is 0 Å². The number of allylic oxidation sites excluding steroid dienone is 6. The molecular formula is C46H83NO8. The molecule has 55 heavy (non-hydrogen) atoms. The summed E-state index contributed by atoms with van der Waals surface area (Å²) in [6.07, 6.45) is 39.1. The molecule has 0 aromatic heterocycles. The highest BCUT2D eigenvalue weighted by Crippen LogP contribution is 2.13. The normalized spacial score (nSPS) is 13.3. The van der Waals surface area contributed by atoms with Crippen LogP contribution in [0.25, 0.3) is 0 Å². The summed E-state index contributed by atoms with van der Waals surface area (Å²) >= 11 is 0. The standard InChI is InChI=1S/C46H83NO8/c1-6-8-10-12-14-15-16-17-18-19-20-21-22-23-24-25-26-27-28-29-31-33-35-37-44(49)55-42(40-53-43(48)36-34-32-30-13-11-9-7-2)41-54-46(45(50)51)52-39-38-47(3,4)5/h16-17,19-20,22-23,42,46H,6-15,18,21,24-41H2,1-5H3/b17-16-,20-19-,23-22-. The molecule has 0 aliphatic carbocycles. The lowest BCUT2D eigenvalue weighted by molar-refractivity contribution is -0.870. The number of carboxylic acids is 1. The first-order chi connectivity index (χ1) is 26.6. The van der Waals surface area contributed by atoms with Crippen LogP contribution in [0.4, 0.5) is 0 Å². The summed E-state index contributed by atoms with van der Waals surface area (Å²) in [5.74, 6) is -2.30. The largest absolute Gasteiger partial charge is 0.545 e. The van der Waals surface area contributed by atoms with E-state index in [0.717, 1.165) is 57.8 Å². The van der Waals surface area contributed by atoms with Gasteiger partial charge in [0.1, 0.15) is 13.2 Å². The molecular weight excluding hydrogens is 695 g/mol. The number of aliphatic carboxylic acids is 1. The van der Waals surface area contributed by atoms with Crippen LogP contribution in [-0.4, -0.2) is 82.3 Å². The van der Waals surface area contributed by atoms with Crippen molar-refractivity contribution in [3.05, 3.63) is 36.5 Å². The van der Waals surface area contributed by atoms with Gasteiger partial charge in [-0.05, 0) is 51.4 Å². The van der Waals surface area contributed by atoms with Gasteiger partial charge in [-0.15, -0.1) is 0 Å². The highest BCUT2D eigenvalue weighted by Gasteiger charge is 2.21. The van der Waals surface area contributed by atoms with Crippen LogP contribution >= 0.6 is 0 Å². The third-order valence-electron chi connectivity index (χ3n) is 9.39. The number of likely N-dealkylation sites (N-methyl/N-ethyl adjacent to an activating group) is 1. The maximum atomic E-state index is 12.7. The molecule has 0 fully saturated rings. The minimum absolute atomic E-state index is 0.146. The Hall–Kier alpha value is -2.49. The Kier molecular flexibility index (Phi) is 36.6. The van der Waals surface area contributed by atoms with Crippen molar-refractivity contribution in [1.29, 1.82) is 0 Å². The number of ether oxygens (including phenoxy) is 4. The number of rotatable bonds is 40. The fourth-order valence-corrected chi connectivity index (χ4v) is 5.89. The first-order valence-electron chi connectivity index (χ1n) is 22.1. The molecule has 2 atom stereocenters. The second kappa shape index (κ2) is 38.4. The van der Waals surface area contributed by atoms with Crippen molar-refractivity contribution >= 4 is 17.9 Å². The first-order valence-corrected chi connectivity index (χ1v) is 22.1. The summed E-state index contributed by atoms with van der Waals surface area (Å²) < 4.78 is 22.4. The molecule has 9 nitrogen and oxygen atoms in total. The summed E-state index contributed by atoms with van der Waals surface area (Å²) in [6.45, 7) is 4.66. The quantitative estimate of drug-likeness (QED) is 0.0199. The molecule has 0 rings (SSSR count). The number of unbranched alkanes of at least 4 members (excludes halogenated alkanes) is 19. The molecule has 0 amide bonds. The van der Waals surface area contributed by atoms with Crippen molar-refractivity contribution in [3.63, 3.8) is 0 Å². The number of hydrogen-bond acceptors (Lipinski definition) is 8. The minimum Gasteiger partial charge on any atom is -0.545 e. The van der Waals surface area contributed by atoms with Crippen molar-refractivity contribution in [3.8, 4) is 0 Å². The van der Waals surface area contributed by atoms with Crippen molar-refractivity contribution in [2.24, 2.45) is 0 Å². The van der Waals surface area contributed by atoms with Gasteiger partial charge in [0.15, 0.2) is 12.4 Å². The Bertz CT molecular complexity index is 1000. The van der Waals surface area contributed by atoms with Gasteiger partial charge in [-0.1, -0.05) is 153 Å². The van der Waals surface area contributed by atoms with Gasteiger partial charge in [-0.2, -0.15) is 0 Å². The molecule has 0 N–H and O–H groups in total. The Morgan fingerprint density at radius 3 is 1.45 bits per heavy atom. The van der Waals surface area contributed by atoms with Crippen LogP contribution in [-0.2, 0) is 33.3 Å². The van der Waals surface area contributed by atoms with Crippen LogP contribution in [0.15, 0.2) is 36.5 Å². The van der Waals surface area contributed by atoms with Crippen LogP contribution in [0.1, 0.15) is 181 Å². The second-order valence-corrected chi connectivity index (χ2v) is 16.0. The van der Waals surface area contributed by atoms with E-state index in [0.29, 0.717) is 17.4 Å². The van der Waals surface area contributed by atoms with E-state index in [1.807, 2.05) is 21.1 Å². The average molecular weight is 778 g/mol. The van der Waals surface area contributed by atoms with E-state index >= 15 is 0 Å². The lowest BCUT2D eigenvalue weighted by Gasteiger charge is -2.26. The molecule has 0 aromatic rings. The van der Waals surface area contributed by atoms with E-state index < -0.39 is 24.3 Å². The lowest BCUT2D eigenvalue weighted by Crippen LogP contribution is -2.44. The fourth-order valence-electron chi connectivity index (χ4n) is 5.89. The number of quaternary nitrogens is 1. The Morgan fingerprint density at radius 1 is 0.545 bits per heavy atom. The van der Waals surface area contributed by atoms with Gasteiger partial charge in [-0.25, -0.2) is 0 Å². The first kappa shape index (κ1) is 52.5. The number of nitrogens with zero attached hydrogens (tertiary/aromatic N) is 1. The zero-order chi connectivity index (χ0) is 40.7. The van der Waals surface area contributed by atoms with Gasteiger partial charge in [0.2, 0.25) is 0 Å². The molecule has 0 saturated heterocycles. The molecule has 0 bridgehead atoms. The molecule has 2 unspecified atom stereocenters. The van der Waals surface area contributed by atoms with Crippen molar-refractivity contribution in [2.75, 3.05) is 47.5 Å². The van der Waals surface area contributed by atoms with E-state index in [2.05, 4.69) is 50.3 Å². The molecule has 0 heterocycles. The van der Waals surface area contributed by atoms with Crippen LogP contribution < -0.4 is 5.11 Å². The van der Waals surface area contributed by atoms with E-state index in [-0.39, 0.29) is 38.6 Å². The Morgan fingerprint density at radius 2 is 0.982 bits per heavy atom. The smallest absolute Gasteiger partial charge is 0.306 e. The third-order valence-corrected chi connectivity index (χ3v) is 9.39. The maximum Gasteiger partial charge on any atom is 0.306 e. The van der Waals surface area contributed by atoms with E-state index in [1.165, 1.54) is 89.9 Å². The predicted molar refractivity (Wildman–Crippen MR) is 223 cm³/mol. The van der Waals surface area contributed by atoms with Crippen LogP contribution in [0.3, 0.4) is 0 Å². The van der Waals surface area contributed by atoms with Crippen molar-refractivity contribution < 1.29 is 42.9 Å². The summed E-state index contributed by atoms with van der Waals surface area (Å²) in [4.78, 5) is 36.7. The summed E-state index contributed by atoms with van der Waals surface area (Å²) in [6, 6.07) is 0. The van der Waals surface area contributed by atoms with Crippen LogP contribution in [0, 0.1) is 0 Å². The number of carboxylic acid groups (broad SMARTS) is 1. The van der Waals surface area contributed by atoms with Gasteiger partial charge in [0.05, 0.1) is 40.3 Å². The van der Waals surface area contributed by atoms with Gasteiger partial charge in [0, 0.05) is 12.8 Å². The Balaban J connectivity index is 4.29. The summed E-state index contributed by atoms with van der Waals surface area (Å²) in [5, 5.41) is 11.6. The second-order valence-electron chi connectivity index (χ2n) is 16.0. The number of carbonyl (C=O) groups is 3. The molecule has 9 heteroatoms. The molecule has 0 aromatic carbocycles. The highest BCUT2D eigenvalue weighted by atomic mass is 16.7. The van der Waals surface area contributed by atoms with Gasteiger partial charge in [-0.3, -0.25) is 9.59 Å². The van der Waals surface area contributed by atoms with Crippen molar-refractivity contribution in [1.82, 2.24) is 0 Å². The summed E-state index contributed by atoms with van der Waals surface area (Å²) in [7, 11) is 5.89. The Labute approximate surface area is 337 Å². The number of esters is 2. The van der Waals surface area contributed by atoms with Gasteiger partial charge in [0.25, 0.3) is 0 Å². The summed E-state index contributed by atoms with van der Waals surface area (Å²) in [5.41, 5.74) is 0. The molecule has 0 aliphatic rings. The average Bonchev–Trinajstić information content (AvgIpc) is 3.14. The fraction of sp³-hybridized carbons (Fsp3) is 0.804. The molecule has 0 spiro atoms. The minimum atomic E-state index is -1.62. The van der Waals surface area contributed by atoms with E-state index in [4.69, 9.17) is 18.9 Å². The third kappa shape index (κ3) is 39.5. The zero-order valence-electron chi connectivity index (χ0n) is 36.0. The lowest BCUT2D eigenvalue weighted by atomic mass is 10.1. The topological polar surface area (TPSA) is 111 Å². The van der Waals surface area contributed by atoms with Crippen molar-refractivity contribution in [2.45, 2.75) is 193 Å². The predicted octanol–water partition coefficient (Wildman–Crippen LogP) is 10.1. The maximum absolute atomic E-state index is 12.7. The number of carbonyl (C=O) groups excluding carboxylic acids is 3. The van der Waals surface area contributed by atoms with Crippen LogP contribution in [0.2, 0.25) is 0 Å². The highest BCUT2D eigenvalue weighted by molar-refractivity contribution is 5.70. The monoisotopic (exact) mass is 778 g/mol. The molecule has 0 radical (unpaired) electrons.